The van der Waals surface area contributed by atoms with Gasteiger partial charge in [0, 0.05) is 68.5 Å². The quantitative estimate of drug-likeness (QED) is 0.147. The molecule has 5 aromatic rings. The first-order chi connectivity index (χ1) is 25.0. The third-order valence-corrected chi connectivity index (χ3v) is 9.23. The number of nitrogens with zero attached hydrogens (tertiary/aromatic N) is 4. The highest BCUT2D eigenvalue weighted by molar-refractivity contribution is 6.08. The van der Waals surface area contributed by atoms with Gasteiger partial charge in [-0.25, -0.2) is 0 Å². The van der Waals surface area contributed by atoms with Crippen LogP contribution in [0.2, 0.25) is 0 Å². The van der Waals surface area contributed by atoms with E-state index in [1.165, 1.54) is 12.1 Å². The molecular formula is C40H41F3N6O3. The van der Waals surface area contributed by atoms with E-state index in [9.17, 15) is 22.8 Å². The molecule has 1 aliphatic heterocycles. The lowest BCUT2D eigenvalue weighted by Crippen LogP contribution is -2.45. The van der Waals surface area contributed by atoms with Crippen LogP contribution in [0.3, 0.4) is 0 Å². The number of rotatable bonds is 11. The average molecular weight is 711 g/mol. The van der Waals surface area contributed by atoms with E-state index in [0.717, 1.165) is 42.4 Å². The Morgan fingerprint density at radius 1 is 0.846 bits per heavy atom. The third kappa shape index (κ3) is 8.87. The number of piperazine rings is 1. The lowest BCUT2D eigenvalue weighted by molar-refractivity contribution is -0.138. The number of aryl methyl sites for hydroxylation is 2. The molecule has 1 aromatic heterocycles. The molecule has 0 saturated carbocycles. The van der Waals surface area contributed by atoms with Gasteiger partial charge in [0.05, 0.1) is 17.3 Å². The molecule has 52 heavy (non-hydrogen) atoms. The van der Waals surface area contributed by atoms with Gasteiger partial charge in [0.15, 0.2) is 0 Å². The van der Waals surface area contributed by atoms with Crippen LogP contribution in [-0.2, 0) is 26.4 Å². The molecule has 2 heterocycles. The summed E-state index contributed by atoms with van der Waals surface area (Å²) in [6, 6.07) is 23.6. The monoisotopic (exact) mass is 710 g/mol. The number of ether oxygens (including phenoxy) is 1. The van der Waals surface area contributed by atoms with Crippen LogP contribution in [0, 0.1) is 6.92 Å². The number of hydrogen-bond acceptors (Lipinski definition) is 6. The number of amides is 2. The van der Waals surface area contributed by atoms with Crippen molar-refractivity contribution in [1.82, 2.24) is 19.6 Å². The summed E-state index contributed by atoms with van der Waals surface area (Å²) in [6.45, 7) is 8.14. The number of hydrogen-bond donors (Lipinski definition) is 2. The highest BCUT2D eigenvalue weighted by atomic mass is 19.4. The van der Waals surface area contributed by atoms with Crippen LogP contribution < -0.4 is 15.4 Å². The van der Waals surface area contributed by atoms with E-state index in [1.54, 1.807) is 48.1 Å². The van der Waals surface area contributed by atoms with Crippen molar-refractivity contribution in [2.75, 3.05) is 43.4 Å². The first kappa shape index (κ1) is 36.3. The fraction of sp³-hybridized carbons (Fsp3) is 0.275. The van der Waals surface area contributed by atoms with Crippen molar-refractivity contribution < 1.29 is 27.5 Å². The van der Waals surface area contributed by atoms with Gasteiger partial charge in [0.25, 0.3) is 11.8 Å². The van der Waals surface area contributed by atoms with Crippen LogP contribution in [0.5, 0.6) is 5.75 Å². The van der Waals surface area contributed by atoms with Crippen LogP contribution >= 0.6 is 0 Å². The second-order valence-corrected chi connectivity index (χ2v) is 12.9. The summed E-state index contributed by atoms with van der Waals surface area (Å²) in [5.41, 5.74) is 3.55. The van der Waals surface area contributed by atoms with Gasteiger partial charge in [0.2, 0.25) is 0 Å². The van der Waals surface area contributed by atoms with Gasteiger partial charge in [-0.05, 0) is 72.1 Å². The SMILES string of the molecule is CCN1CCN(Cc2ccc(C(=O)Nc3ccc(C)c(NC(=O)c4ccc(-c5cnn(C)c5)cc4OCc4ccccc4)c3)cc2C(F)(F)F)CC1. The average Bonchev–Trinajstić information content (AvgIpc) is 3.58. The molecule has 0 unspecified atom stereocenters. The normalized spacial score (nSPS) is 13.9. The molecule has 0 atom stereocenters. The predicted octanol–water partition coefficient (Wildman–Crippen LogP) is 7.64. The first-order valence-corrected chi connectivity index (χ1v) is 17.1. The molecule has 2 N–H and O–H groups in total. The minimum Gasteiger partial charge on any atom is -0.488 e. The number of alkyl halides is 3. The Bertz CT molecular complexity index is 2040. The summed E-state index contributed by atoms with van der Waals surface area (Å²) in [5.74, 6) is -0.761. The van der Waals surface area contributed by atoms with Gasteiger partial charge in [0.1, 0.15) is 12.4 Å². The number of likely N-dealkylation sites (N-methyl/N-ethyl adjacent to an activating group) is 1. The van der Waals surface area contributed by atoms with Crippen molar-refractivity contribution >= 4 is 23.2 Å². The van der Waals surface area contributed by atoms with Crippen LogP contribution in [0.25, 0.3) is 11.1 Å². The standard InChI is InChI=1S/C40H41F3N6O3/c1-4-48-16-18-49(19-17-48)25-31-12-11-30(20-35(31)40(41,42)43)38(50)45-33-14-10-27(2)36(22-33)46-39(51)34-15-13-29(32-23-44-47(3)24-32)21-37(34)52-26-28-8-6-5-7-9-28/h5-15,20-24H,4,16-19,25-26H2,1-3H3,(H,45,50)(H,46,51). The Labute approximate surface area is 301 Å². The second-order valence-electron chi connectivity index (χ2n) is 12.9. The Hall–Kier alpha value is -5.46. The molecule has 12 heteroatoms. The third-order valence-electron chi connectivity index (χ3n) is 9.23. The van der Waals surface area contributed by atoms with Gasteiger partial charge >= 0.3 is 6.18 Å². The van der Waals surface area contributed by atoms with E-state index in [-0.39, 0.29) is 24.3 Å². The van der Waals surface area contributed by atoms with E-state index in [4.69, 9.17) is 4.74 Å². The second kappa shape index (κ2) is 15.8. The van der Waals surface area contributed by atoms with E-state index in [0.29, 0.717) is 41.3 Å². The number of nitrogens with one attached hydrogen (secondary N) is 2. The molecule has 0 spiro atoms. The zero-order valence-corrected chi connectivity index (χ0v) is 29.3. The molecule has 2 amide bonds. The van der Waals surface area contributed by atoms with Crippen molar-refractivity contribution in [3.05, 3.63) is 131 Å². The lowest BCUT2D eigenvalue weighted by atomic mass is 10.0. The molecule has 270 valence electrons. The molecule has 0 aliphatic carbocycles. The Morgan fingerprint density at radius 2 is 1.60 bits per heavy atom. The van der Waals surface area contributed by atoms with Crippen molar-refractivity contribution in [3.8, 4) is 16.9 Å². The van der Waals surface area contributed by atoms with Crippen molar-refractivity contribution in [2.45, 2.75) is 33.2 Å². The summed E-state index contributed by atoms with van der Waals surface area (Å²) in [7, 11) is 1.82. The molecule has 6 rings (SSSR count). The Kier molecular flexibility index (Phi) is 11.1. The minimum absolute atomic E-state index is 0.119. The summed E-state index contributed by atoms with van der Waals surface area (Å²) in [4.78, 5) is 31.3. The molecule has 1 fully saturated rings. The molecule has 0 radical (unpaired) electrons. The van der Waals surface area contributed by atoms with Gasteiger partial charge in [-0.1, -0.05) is 55.5 Å². The number of carbonyl (C=O) groups is 2. The molecule has 9 nitrogen and oxygen atoms in total. The first-order valence-electron chi connectivity index (χ1n) is 17.1. The fourth-order valence-electron chi connectivity index (χ4n) is 6.17. The van der Waals surface area contributed by atoms with Gasteiger partial charge < -0.3 is 20.3 Å². The predicted molar refractivity (Wildman–Crippen MR) is 195 cm³/mol. The van der Waals surface area contributed by atoms with E-state index in [2.05, 4.69) is 27.6 Å². The van der Waals surface area contributed by atoms with Crippen LogP contribution in [0.4, 0.5) is 24.5 Å². The number of aromatic nitrogens is 2. The highest BCUT2D eigenvalue weighted by Crippen LogP contribution is 2.34. The molecule has 0 bridgehead atoms. The Balaban J connectivity index is 1.19. The largest absolute Gasteiger partial charge is 0.488 e. The number of benzene rings is 4. The lowest BCUT2D eigenvalue weighted by Gasteiger charge is -2.34. The van der Waals surface area contributed by atoms with Crippen molar-refractivity contribution in [1.29, 1.82) is 0 Å². The highest BCUT2D eigenvalue weighted by Gasteiger charge is 2.35. The van der Waals surface area contributed by atoms with Crippen LogP contribution in [0.1, 0.15) is 49.9 Å². The van der Waals surface area contributed by atoms with Gasteiger partial charge in [-0.15, -0.1) is 0 Å². The van der Waals surface area contributed by atoms with Gasteiger partial charge in [-0.2, -0.15) is 18.3 Å². The van der Waals surface area contributed by atoms with Gasteiger partial charge in [-0.3, -0.25) is 19.2 Å². The zero-order valence-electron chi connectivity index (χ0n) is 29.3. The minimum atomic E-state index is -4.63. The van der Waals surface area contributed by atoms with E-state index in [1.807, 2.05) is 54.5 Å². The summed E-state index contributed by atoms with van der Waals surface area (Å²) >= 11 is 0. The zero-order chi connectivity index (χ0) is 36.8. The maximum atomic E-state index is 14.2. The fourth-order valence-corrected chi connectivity index (χ4v) is 6.17. The maximum absolute atomic E-state index is 14.2. The smallest absolute Gasteiger partial charge is 0.416 e. The van der Waals surface area contributed by atoms with Crippen LogP contribution in [-0.4, -0.2) is 64.1 Å². The molecular weight excluding hydrogens is 669 g/mol. The number of carbonyl (C=O) groups excluding carboxylic acids is 2. The maximum Gasteiger partial charge on any atom is 0.416 e. The Morgan fingerprint density at radius 3 is 2.29 bits per heavy atom. The van der Waals surface area contributed by atoms with Crippen LogP contribution in [0.15, 0.2) is 97.3 Å². The number of halogens is 3. The topological polar surface area (TPSA) is 91.7 Å². The summed E-state index contributed by atoms with van der Waals surface area (Å²) in [6.07, 6.45) is -1.03. The summed E-state index contributed by atoms with van der Waals surface area (Å²) < 4.78 is 50.5. The van der Waals surface area contributed by atoms with E-state index < -0.39 is 23.6 Å². The summed E-state index contributed by atoms with van der Waals surface area (Å²) in [5, 5.41) is 9.87. The molecule has 1 saturated heterocycles. The van der Waals surface area contributed by atoms with E-state index >= 15 is 0 Å². The van der Waals surface area contributed by atoms with Crippen molar-refractivity contribution in [2.24, 2.45) is 7.05 Å². The number of anilines is 2. The molecule has 4 aromatic carbocycles. The molecule has 1 aliphatic rings. The van der Waals surface area contributed by atoms with Crippen molar-refractivity contribution in [3.63, 3.8) is 0 Å².